The molecule has 0 aliphatic carbocycles. The quantitative estimate of drug-likeness (QED) is 0.467. The standard InChI is InChI=1S/C13H19N/c1-5-9-12(10-6-2)13(11-7-3)14-8-4/h5-11H,1-4H3/b9-5-,10-6-,11-7-,14-8-. The molecule has 0 aromatic heterocycles. The molecule has 0 atom stereocenters. The molecule has 0 aromatic rings. The zero-order chi connectivity index (χ0) is 10.8. The van der Waals surface area contributed by atoms with E-state index in [0.29, 0.717) is 0 Å². The summed E-state index contributed by atoms with van der Waals surface area (Å²) >= 11 is 0. The van der Waals surface area contributed by atoms with Crippen molar-refractivity contribution >= 4 is 6.21 Å². The van der Waals surface area contributed by atoms with E-state index >= 15 is 0 Å². The first-order valence-electron chi connectivity index (χ1n) is 4.91. The molecule has 0 amide bonds. The van der Waals surface area contributed by atoms with Gasteiger partial charge in [0.2, 0.25) is 0 Å². The Bertz CT molecular complexity index is 230. The normalized spacial score (nSPS) is 12.6. The van der Waals surface area contributed by atoms with Gasteiger partial charge in [-0.3, -0.25) is 4.99 Å². The third-order valence-corrected chi connectivity index (χ3v) is 1.58. The van der Waals surface area contributed by atoms with Crippen LogP contribution in [-0.4, -0.2) is 6.21 Å². The summed E-state index contributed by atoms with van der Waals surface area (Å²) in [6.07, 6.45) is 14.0. The second-order valence-electron chi connectivity index (χ2n) is 2.73. The van der Waals surface area contributed by atoms with Crippen molar-refractivity contribution in [1.29, 1.82) is 0 Å². The Hall–Kier alpha value is -1.37. The lowest BCUT2D eigenvalue weighted by atomic mass is 10.1. The molecule has 76 valence electrons. The molecule has 0 saturated carbocycles. The molecule has 0 aromatic carbocycles. The maximum Gasteiger partial charge on any atom is 0.0694 e. The van der Waals surface area contributed by atoms with Gasteiger partial charge < -0.3 is 0 Å². The van der Waals surface area contributed by atoms with Gasteiger partial charge >= 0.3 is 0 Å². The highest BCUT2D eigenvalue weighted by molar-refractivity contribution is 5.58. The fourth-order valence-corrected chi connectivity index (χ4v) is 1.10. The first-order valence-corrected chi connectivity index (χ1v) is 4.91. The van der Waals surface area contributed by atoms with E-state index in [-0.39, 0.29) is 0 Å². The van der Waals surface area contributed by atoms with Gasteiger partial charge in [0.15, 0.2) is 0 Å². The van der Waals surface area contributed by atoms with Gasteiger partial charge in [-0.2, -0.15) is 0 Å². The minimum atomic E-state index is 0.992. The molecule has 0 saturated heterocycles. The Morgan fingerprint density at radius 2 is 1.29 bits per heavy atom. The van der Waals surface area contributed by atoms with E-state index in [1.807, 2.05) is 58.2 Å². The second kappa shape index (κ2) is 8.24. The highest BCUT2D eigenvalue weighted by Gasteiger charge is 1.93. The molecule has 0 aliphatic rings. The zero-order valence-corrected chi connectivity index (χ0v) is 9.49. The molecule has 0 spiro atoms. The first kappa shape index (κ1) is 12.6. The Morgan fingerprint density at radius 1 is 0.786 bits per heavy atom. The number of aliphatic imine (C=N–C) groups is 1. The smallest absolute Gasteiger partial charge is 0.0694 e. The third kappa shape index (κ3) is 4.61. The monoisotopic (exact) mass is 189 g/mol. The van der Waals surface area contributed by atoms with Crippen molar-refractivity contribution in [2.45, 2.75) is 27.7 Å². The minimum Gasteiger partial charge on any atom is -0.261 e. The molecular weight excluding hydrogens is 170 g/mol. The number of hydrogen-bond acceptors (Lipinski definition) is 1. The van der Waals surface area contributed by atoms with Crippen molar-refractivity contribution in [3.05, 3.63) is 47.7 Å². The van der Waals surface area contributed by atoms with Gasteiger partial charge in [0.05, 0.1) is 5.70 Å². The SMILES string of the molecule is C/C=C\C(/C=C\C)=C(/C=C\C)/N=C\C. The van der Waals surface area contributed by atoms with E-state index in [1.54, 1.807) is 0 Å². The predicted octanol–water partition coefficient (Wildman–Crippen LogP) is 4.06. The van der Waals surface area contributed by atoms with Gasteiger partial charge in [0, 0.05) is 6.21 Å². The average Bonchev–Trinajstić information content (AvgIpc) is 2.17. The van der Waals surface area contributed by atoms with Crippen LogP contribution in [0.2, 0.25) is 0 Å². The van der Waals surface area contributed by atoms with Crippen LogP contribution >= 0.6 is 0 Å². The first-order chi connectivity index (χ1) is 6.79. The summed E-state index contributed by atoms with van der Waals surface area (Å²) in [4.78, 5) is 4.32. The van der Waals surface area contributed by atoms with Crippen molar-refractivity contribution in [2.75, 3.05) is 0 Å². The second-order valence-corrected chi connectivity index (χ2v) is 2.73. The number of rotatable bonds is 4. The molecule has 0 bridgehead atoms. The number of hydrogen-bond donors (Lipinski definition) is 0. The molecule has 1 heteroatoms. The maximum absolute atomic E-state index is 4.32. The van der Waals surface area contributed by atoms with Gasteiger partial charge in [-0.05, 0) is 39.3 Å². The van der Waals surface area contributed by atoms with Crippen LogP contribution in [0.3, 0.4) is 0 Å². The lowest BCUT2D eigenvalue weighted by molar-refractivity contribution is 1.35. The van der Waals surface area contributed by atoms with Crippen molar-refractivity contribution in [3.63, 3.8) is 0 Å². The summed E-state index contributed by atoms with van der Waals surface area (Å²) in [5.74, 6) is 0. The number of allylic oxidation sites excluding steroid dienone is 7. The lowest BCUT2D eigenvalue weighted by Gasteiger charge is -1.99. The Kier molecular flexibility index (Phi) is 7.43. The molecule has 0 fully saturated rings. The van der Waals surface area contributed by atoms with Crippen LogP contribution in [0.1, 0.15) is 27.7 Å². The summed E-state index contributed by atoms with van der Waals surface area (Å²) in [7, 11) is 0. The molecule has 0 aliphatic heterocycles. The largest absolute Gasteiger partial charge is 0.261 e. The average molecular weight is 189 g/mol. The van der Waals surface area contributed by atoms with Gasteiger partial charge in [-0.1, -0.05) is 30.4 Å². The molecule has 14 heavy (non-hydrogen) atoms. The summed E-state index contributed by atoms with van der Waals surface area (Å²) in [5.41, 5.74) is 2.12. The summed E-state index contributed by atoms with van der Waals surface area (Å²) < 4.78 is 0. The van der Waals surface area contributed by atoms with Crippen LogP contribution < -0.4 is 0 Å². The van der Waals surface area contributed by atoms with Gasteiger partial charge in [-0.25, -0.2) is 0 Å². The molecule has 1 nitrogen and oxygen atoms in total. The fraction of sp³-hybridized carbons (Fsp3) is 0.308. The van der Waals surface area contributed by atoms with Crippen LogP contribution in [-0.2, 0) is 0 Å². The van der Waals surface area contributed by atoms with Crippen molar-refractivity contribution in [3.8, 4) is 0 Å². The molecule has 0 N–H and O–H groups in total. The lowest BCUT2D eigenvalue weighted by Crippen LogP contribution is -1.81. The fourth-order valence-electron chi connectivity index (χ4n) is 1.10. The van der Waals surface area contributed by atoms with E-state index in [0.717, 1.165) is 11.3 Å². The molecule has 0 heterocycles. The van der Waals surface area contributed by atoms with E-state index in [1.165, 1.54) is 0 Å². The molecule has 0 unspecified atom stereocenters. The molecular formula is C13H19N. The van der Waals surface area contributed by atoms with Crippen molar-refractivity contribution < 1.29 is 0 Å². The van der Waals surface area contributed by atoms with Crippen molar-refractivity contribution in [2.24, 2.45) is 4.99 Å². The Labute approximate surface area is 87.3 Å². The van der Waals surface area contributed by atoms with E-state index in [2.05, 4.69) is 17.1 Å². The van der Waals surface area contributed by atoms with E-state index in [9.17, 15) is 0 Å². The van der Waals surface area contributed by atoms with Crippen LogP contribution in [0.4, 0.5) is 0 Å². The third-order valence-electron chi connectivity index (χ3n) is 1.58. The highest BCUT2D eigenvalue weighted by Crippen LogP contribution is 2.11. The maximum atomic E-state index is 4.32. The van der Waals surface area contributed by atoms with Crippen LogP contribution in [0.5, 0.6) is 0 Å². The molecule has 0 radical (unpaired) electrons. The minimum absolute atomic E-state index is 0.992. The summed E-state index contributed by atoms with van der Waals surface area (Å²) in [6.45, 7) is 7.93. The summed E-state index contributed by atoms with van der Waals surface area (Å²) in [5, 5.41) is 0. The van der Waals surface area contributed by atoms with Crippen LogP contribution in [0, 0.1) is 0 Å². The van der Waals surface area contributed by atoms with Gasteiger partial charge in [-0.15, -0.1) is 0 Å². The predicted molar refractivity (Wildman–Crippen MR) is 65.6 cm³/mol. The topological polar surface area (TPSA) is 12.4 Å². The van der Waals surface area contributed by atoms with Gasteiger partial charge in [0.1, 0.15) is 0 Å². The van der Waals surface area contributed by atoms with Crippen LogP contribution in [0.25, 0.3) is 0 Å². The zero-order valence-electron chi connectivity index (χ0n) is 9.49. The van der Waals surface area contributed by atoms with Crippen molar-refractivity contribution in [1.82, 2.24) is 0 Å². The van der Waals surface area contributed by atoms with E-state index < -0.39 is 0 Å². The van der Waals surface area contributed by atoms with Crippen LogP contribution in [0.15, 0.2) is 52.7 Å². The Morgan fingerprint density at radius 3 is 1.64 bits per heavy atom. The van der Waals surface area contributed by atoms with Gasteiger partial charge in [0.25, 0.3) is 0 Å². The highest BCUT2D eigenvalue weighted by atomic mass is 14.7. The summed E-state index contributed by atoms with van der Waals surface area (Å²) in [6, 6.07) is 0. The Balaban J connectivity index is 5.23. The number of nitrogens with zero attached hydrogens (tertiary/aromatic N) is 1. The van der Waals surface area contributed by atoms with E-state index in [4.69, 9.17) is 0 Å². The molecule has 0 rings (SSSR count).